The van der Waals surface area contributed by atoms with Crippen molar-refractivity contribution in [2.75, 3.05) is 18.2 Å². The summed E-state index contributed by atoms with van der Waals surface area (Å²) in [5.74, 6) is 1.59. The van der Waals surface area contributed by atoms with Crippen LogP contribution in [-0.2, 0) is 4.79 Å². The molecule has 138 valence electrons. The fraction of sp³-hybridized carbons (Fsp3) is 0.174. The molecule has 0 aliphatic heterocycles. The molecule has 3 aromatic carbocycles. The summed E-state index contributed by atoms with van der Waals surface area (Å²) in [6, 6.07) is 24.2. The molecule has 0 heterocycles. The Hall–Kier alpha value is -2.72. The van der Waals surface area contributed by atoms with E-state index in [2.05, 4.69) is 29.6 Å². The fourth-order valence-electron chi connectivity index (χ4n) is 2.78. The van der Waals surface area contributed by atoms with Crippen LogP contribution in [0.4, 0.5) is 5.69 Å². The number of aryl methyl sites for hydroxylation is 1. The molecule has 0 unspecified atom stereocenters. The Balaban J connectivity index is 1.61. The van der Waals surface area contributed by atoms with Gasteiger partial charge in [-0.25, -0.2) is 0 Å². The van der Waals surface area contributed by atoms with Gasteiger partial charge in [-0.1, -0.05) is 42.5 Å². The van der Waals surface area contributed by atoms with E-state index in [9.17, 15) is 4.79 Å². The highest BCUT2D eigenvalue weighted by molar-refractivity contribution is 7.99. The molecule has 0 bridgehead atoms. The van der Waals surface area contributed by atoms with Crippen molar-refractivity contribution in [3.8, 4) is 16.9 Å². The molecule has 0 fully saturated rings. The summed E-state index contributed by atoms with van der Waals surface area (Å²) in [7, 11) is 1.65. The molecule has 3 aromatic rings. The number of benzene rings is 3. The van der Waals surface area contributed by atoms with E-state index in [4.69, 9.17) is 4.74 Å². The second kappa shape index (κ2) is 9.28. The van der Waals surface area contributed by atoms with E-state index in [-0.39, 0.29) is 5.91 Å². The number of anilines is 1. The average molecular weight is 378 g/mol. The lowest BCUT2D eigenvalue weighted by molar-refractivity contribution is -0.115. The summed E-state index contributed by atoms with van der Waals surface area (Å²) in [5, 5.41) is 3.08. The molecule has 0 aromatic heterocycles. The lowest BCUT2D eigenvalue weighted by Crippen LogP contribution is -2.13. The van der Waals surface area contributed by atoms with Gasteiger partial charge in [-0.3, -0.25) is 4.79 Å². The summed E-state index contributed by atoms with van der Waals surface area (Å²) >= 11 is 1.67. The molecule has 0 saturated carbocycles. The predicted octanol–water partition coefficient (Wildman–Crippen LogP) is 5.79. The highest BCUT2D eigenvalue weighted by Gasteiger charge is 2.09. The van der Waals surface area contributed by atoms with E-state index in [1.807, 2.05) is 55.5 Å². The maximum atomic E-state index is 12.5. The van der Waals surface area contributed by atoms with Crippen molar-refractivity contribution in [2.45, 2.75) is 18.2 Å². The third kappa shape index (κ3) is 5.38. The number of nitrogens with one attached hydrogen (secondary N) is 1. The van der Waals surface area contributed by atoms with Gasteiger partial charge in [-0.15, -0.1) is 11.8 Å². The van der Waals surface area contributed by atoms with Gasteiger partial charge in [-0.2, -0.15) is 0 Å². The number of methoxy groups -OCH3 is 1. The predicted molar refractivity (Wildman–Crippen MR) is 114 cm³/mol. The molecule has 0 aliphatic carbocycles. The molecule has 1 amide bonds. The summed E-state index contributed by atoms with van der Waals surface area (Å²) in [5.41, 5.74) is 4.12. The lowest BCUT2D eigenvalue weighted by atomic mass is 10.0. The standard InChI is InChI=1S/C23H23NO2S/c1-17-8-13-21(18-6-4-3-5-7-18)22(16-17)24-23(25)14-15-27-20-11-9-19(26-2)10-12-20/h3-13,16H,14-15H2,1-2H3,(H,24,25). The summed E-state index contributed by atoms with van der Waals surface area (Å²) in [6.45, 7) is 2.03. The van der Waals surface area contributed by atoms with Crippen molar-refractivity contribution in [3.63, 3.8) is 0 Å². The lowest BCUT2D eigenvalue weighted by Gasteiger charge is -2.12. The van der Waals surface area contributed by atoms with Crippen molar-refractivity contribution in [2.24, 2.45) is 0 Å². The zero-order valence-electron chi connectivity index (χ0n) is 15.6. The SMILES string of the molecule is COc1ccc(SCCC(=O)Nc2cc(C)ccc2-c2ccccc2)cc1. The molecule has 27 heavy (non-hydrogen) atoms. The summed E-state index contributed by atoms with van der Waals surface area (Å²) in [4.78, 5) is 13.6. The molecule has 0 spiro atoms. The van der Waals surface area contributed by atoms with Crippen LogP contribution in [0.1, 0.15) is 12.0 Å². The number of thioether (sulfide) groups is 1. The van der Waals surface area contributed by atoms with Gasteiger partial charge in [-0.05, 0) is 48.4 Å². The molecule has 0 aliphatic rings. The van der Waals surface area contributed by atoms with Gasteiger partial charge in [0.05, 0.1) is 7.11 Å². The van der Waals surface area contributed by atoms with Gasteiger partial charge in [0, 0.05) is 28.3 Å². The van der Waals surface area contributed by atoms with Crippen LogP contribution >= 0.6 is 11.8 Å². The van der Waals surface area contributed by atoms with Crippen LogP contribution in [-0.4, -0.2) is 18.8 Å². The molecule has 0 radical (unpaired) electrons. The molecule has 3 nitrogen and oxygen atoms in total. The van der Waals surface area contributed by atoms with Crippen molar-refractivity contribution >= 4 is 23.4 Å². The Morgan fingerprint density at radius 2 is 1.74 bits per heavy atom. The van der Waals surface area contributed by atoms with Gasteiger partial charge in [0.25, 0.3) is 0 Å². The first kappa shape index (κ1) is 19.1. The minimum absolute atomic E-state index is 0.0267. The van der Waals surface area contributed by atoms with Crippen molar-refractivity contribution < 1.29 is 9.53 Å². The van der Waals surface area contributed by atoms with Crippen LogP contribution in [0.2, 0.25) is 0 Å². The third-order valence-electron chi connectivity index (χ3n) is 4.19. The van der Waals surface area contributed by atoms with Crippen LogP contribution in [0.3, 0.4) is 0 Å². The minimum Gasteiger partial charge on any atom is -0.497 e. The van der Waals surface area contributed by atoms with Gasteiger partial charge < -0.3 is 10.1 Å². The molecular formula is C23H23NO2S. The highest BCUT2D eigenvalue weighted by atomic mass is 32.2. The van der Waals surface area contributed by atoms with E-state index in [0.29, 0.717) is 6.42 Å². The smallest absolute Gasteiger partial charge is 0.225 e. The van der Waals surface area contributed by atoms with E-state index in [1.165, 1.54) is 0 Å². The molecule has 0 atom stereocenters. The monoisotopic (exact) mass is 377 g/mol. The molecule has 1 N–H and O–H groups in total. The number of carbonyl (C=O) groups is 1. The Labute approximate surface area is 164 Å². The first-order valence-electron chi connectivity index (χ1n) is 8.88. The maximum absolute atomic E-state index is 12.5. The minimum atomic E-state index is 0.0267. The average Bonchev–Trinajstić information content (AvgIpc) is 2.69. The second-order valence-corrected chi connectivity index (χ2v) is 7.41. The van der Waals surface area contributed by atoms with Crippen molar-refractivity contribution in [1.82, 2.24) is 0 Å². The largest absolute Gasteiger partial charge is 0.497 e. The number of amides is 1. The van der Waals surface area contributed by atoms with Gasteiger partial charge in [0.15, 0.2) is 0 Å². The van der Waals surface area contributed by atoms with Gasteiger partial charge >= 0.3 is 0 Å². The normalized spacial score (nSPS) is 10.4. The third-order valence-corrected chi connectivity index (χ3v) is 5.20. The van der Waals surface area contributed by atoms with E-state index in [0.717, 1.165) is 38.8 Å². The molecule has 0 saturated heterocycles. The van der Waals surface area contributed by atoms with Crippen molar-refractivity contribution in [1.29, 1.82) is 0 Å². The molecule has 3 rings (SSSR count). The van der Waals surface area contributed by atoms with E-state index >= 15 is 0 Å². The first-order valence-corrected chi connectivity index (χ1v) is 9.87. The van der Waals surface area contributed by atoms with Crippen LogP contribution < -0.4 is 10.1 Å². The Morgan fingerprint density at radius 3 is 2.44 bits per heavy atom. The second-order valence-electron chi connectivity index (χ2n) is 6.24. The molecule has 4 heteroatoms. The summed E-state index contributed by atoms with van der Waals surface area (Å²) in [6.07, 6.45) is 0.457. The Kier molecular flexibility index (Phi) is 6.55. The van der Waals surface area contributed by atoms with Gasteiger partial charge in [0.2, 0.25) is 5.91 Å². The number of rotatable bonds is 7. The van der Waals surface area contributed by atoms with Crippen LogP contribution in [0, 0.1) is 6.92 Å². The highest BCUT2D eigenvalue weighted by Crippen LogP contribution is 2.29. The van der Waals surface area contributed by atoms with Gasteiger partial charge in [0.1, 0.15) is 5.75 Å². The van der Waals surface area contributed by atoms with Crippen molar-refractivity contribution in [3.05, 3.63) is 78.4 Å². The van der Waals surface area contributed by atoms with E-state index in [1.54, 1.807) is 18.9 Å². The topological polar surface area (TPSA) is 38.3 Å². The Morgan fingerprint density at radius 1 is 1.00 bits per heavy atom. The maximum Gasteiger partial charge on any atom is 0.225 e. The molecular weight excluding hydrogens is 354 g/mol. The quantitative estimate of drug-likeness (QED) is 0.530. The number of carbonyl (C=O) groups excluding carboxylic acids is 1. The van der Waals surface area contributed by atoms with Crippen LogP contribution in [0.5, 0.6) is 5.75 Å². The number of hydrogen-bond donors (Lipinski definition) is 1. The van der Waals surface area contributed by atoms with Crippen LogP contribution in [0.15, 0.2) is 77.7 Å². The first-order chi connectivity index (χ1) is 13.2. The summed E-state index contributed by atoms with van der Waals surface area (Å²) < 4.78 is 5.16. The number of hydrogen-bond acceptors (Lipinski definition) is 3. The zero-order chi connectivity index (χ0) is 19.1. The zero-order valence-corrected chi connectivity index (χ0v) is 16.4. The van der Waals surface area contributed by atoms with E-state index < -0.39 is 0 Å². The van der Waals surface area contributed by atoms with Crippen LogP contribution in [0.25, 0.3) is 11.1 Å². The fourth-order valence-corrected chi connectivity index (χ4v) is 3.63. The number of ether oxygens (including phenoxy) is 1. The Bertz CT molecular complexity index is 892.